The first-order valence-electron chi connectivity index (χ1n) is 9.70. The van der Waals surface area contributed by atoms with Gasteiger partial charge in [-0.3, -0.25) is 0 Å². The van der Waals surface area contributed by atoms with E-state index in [9.17, 15) is 9.90 Å². The molecule has 0 fully saturated rings. The molecule has 32 heavy (non-hydrogen) atoms. The number of allylic oxidation sites excluding steroid dienone is 1. The predicted molar refractivity (Wildman–Crippen MR) is 125 cm³/mol. The van der Waals surface area contributed by atoms with Gasteiger partial charge in [0.1, 0.15) is 0 Å². The summed E-state index contributed by atoms with van der Waals surface area (Å²) in [5.74, 6) is 1.51. The molecule has 2 N–H and O–H groups in total. The van der Waals surface area contributed by atoms with Crippen molar-refractivity contribution < 1.29 is 28.8 Å². The van der Waals surface area contributed by atoms with Crippen LogP contribution >= 0.6 is 23.2 Å². The van der Waals surface area contributed by atoms with E-state index in [1.54, 1.807) is 44.6 Å². The Labute approximate surface area is 197 Å². The van der Waals surface area contributed by atoms with E-state index in [1.807, 2.05) is 6.07 Å². The lowest BCUT2D eigenvalue weighted by Crippen LogP contribution is -2.43. The molecule has 0 bridgehead atoms. The van der Waals surface area contributed by atoms with Gasteiger partial charge in [-0.1, -0.05) is 35.3 Å². The SMILES string of the molecule is C=CCC(CNC(=O)O)(COCc1cc(OC)c(OC)c(OC)c1)c1ccc(Cl)c(Cl)c1. The smallest absolute Gasteiger partial charge is 0.404 e. The highest BCUT2D eigenvalue weighted by Crippen LogP contribution is 2.39. The van der Waals surface area contributed by atoms with Gasteiger partial charge >= 0.3 is 6.09 Å². The number of methoxy groups -OCH3 is 3. The standard InChI is InChI=1S/C23H27Cl2NO6/c1-5-8-23(13-26-22(27)28,16-6-7-17(24)18(25)11-16)14-32-12-15-9-19(29-2)21(31-4)20(10-15)30-3/h5-7,9-11,26H,1,8,12-14H2,2-4H3,(H,27,28). The number of benzene rings is 2. The third-order valence-electron chi connectivity index (χ3n) is 5.02. The molecule has 1 atom stereocenters. The van der Waals surface area contributed by atoms with Crippen molar-refractivity contribution in [1.29, 1.82) is 0 Å². The summed E-state index contributed by atoms with van der Waals surface area (Å²) in [4.78, 5) is 11.2. The van der Waals surface area contributed by atoms with Crippen molar-refractivity contribution in [2.75, 3.05) is 34.5 Å². The summed E-state index contributed by atoms with van der Waals surface area (Å²) in [6.07, 6.45) is 1.03. The molecule has 1 unspecified atom stereocenters. The highest BCUT2D eigenvalue weighted by atomic mass is 35.5. The van der Waals surface area contributed by atoms with E-state index < -0.39 is 11.5 Å². The number of carboxylic acid groups (broad SMARTS) is 1. The first-order chi connectivity index (χ1) is 15.3. The van der Waals surface area contributed by atoms with Crippen LogP contribution < -0.4 is 19.5 Å². The van der Waals surface area contributed by atoms with E-state index in [1.165, 1.54) is 7.11 Å². The fraction of sp³-hybridized carbons (Fsp3) is 0.348. The van der Waals surface area contributed by atoms with Crippen LogP contribution in [0.2, 0.25) is 10.0 Å². The molecule has 0 aliphatic heterocycles. The van der Waals surface area contributed by atoms with Crippen LogP contribution in [0.15, 0.2) is 43.0 Å². The Bertz CT molecular complexity index is 927. The summed E-state index contributed by atoms with van der Waals surface area (Å²) >= 11 is 12.3. The zero-order chi connectivity index (χ0) is 23.7. The van der Waals surface area contributed by atoms with Gasteiger partial charge in [-0.2, -0.15) is 0 Å². The maximum atomic E-state index is 11.2. The average molecular weight is 484 g/mol. The van der Waals surface area contributed by atoms with E-state index in [0.29, 0.717) is 33.7 Å². The van der Waals surface area contributed by atoms with Crippen LogP contribution in [-0.2, 0) is 16.8 Å². The summed E-state index contributed by atoms with van der Waals surface area (Å²) in [6.45, 7) is 4.35. The topological polar surface area (TPSA) is 86.3 Å². The van der Waals surface area contributed by atoms with Crippen molar-refractivity contribution in [3.05, 3.63) is 64.2 Å². The average Bonchev–Trinajstić information content (AvgIpc) is 2.78. The maximum Gasteiger partial charge on any atom is 0.404 e. The molecule has 0 saturated carbocycles. The second kappa shape index (κ2) is 11.9. The maximum absolute atomic E-state index is 11.2. The highest BCUT2D eigenvalue weighted by Gasteiger charge is 2.33. The molecule has 9 heteroatoms. The third kappa shape index (κ3) is 6.22. The Kier molecular flexibility index (Phi) is 9.50. The van der Waals surface area contributed by atoms with Crippen LogP contribution in [0.25, 0.3) is 0 Å². The monoisotopic (exact) mass is 483 g/mol. The molecule has 0 aliphatic carbocycles. The van der Waals surface area contributed by atoms with Crippen molar-refractivity contribution in [3.8, 4) is 17.2 Å². The molecule has 0 aromatic heterocycles. The Morgan fingerprint density at radius 1 is 1.09 bits per heavy atom. The fourth-order valence-electron chi connectivity index (χ4n) is 3.42. The third-order valence-corrected chi connectivity index (χ3v) is 5.76. The van der Waals surface area contributed by atoms with Gasteiger partial charge in [0.25, 0.3) is 0 Å². The zero-order valence-electron chi connectivity index (χ0n) is 18.2. The molecule has 0 aliphatic rings. The van der Waals surface area contributed by atoms with Crippen LogP contribution in [0, 0.1) is 0 Å². The van der Waals surface area contributed by atoms with Crippen LogP contribution in [0.1, 0.15) is 17.5 Å². The molecule has 0 saturated heterocycles. The first-order valence-corrected chi connectivity index (χ1v) is 10.5. The van der Waals surface area contributed by atoms with Crippen LogP contribution in [-0.4, -0.2) is 45.7 Å². The van der Waals surface area contributed by atoms with E-state index >= 15 is 0 Å². The number of hydrogen-bond acceptors (Lipinski definition) is 5. The summed E-state index contributed by atoms with van der Waals surface area (Å²) < 4.78 is 22.2. The van der Waals surface area contributed by atoms with E-state index in [0.717, 1.165) is 11.1 Å². The van der Waals surface area contributed by atoms with Crippen molar-refractivity contribution in [1.82, 2.24) is 5.32 Å². The minimum Gasteiger partial charge on any atom is -0.493 e. The molecule has 1 amide bonds. The number of hydrogen-bond donors (Lipinski definition) is 2. The normalized spacial score (nSPS) is 12.5. The molecule has 2 aromatic carbocycles. The van der Waals surface area contributed by atoms with Gasteiger partial charge in [0, 0.05) is 12.0 Å². The van der Waals surface area contributed by atoms with Gasteiger partial charge in [-0.15, -0.1) is 6.58 Å². The molecule has 174 valence electrons. The highest BCUT2D eigenvalue weighted by molar-refractivity contribution is 6.42. The van der Waals surface area contributed by atoms with Crippen molar-refractivity contribution >= 4 is 29.3 Å². The number of ether oxygens (including phenoxy) is 4. The minimum absolute atomic E-state index is 0.0988. The van der Waals surface area contributed by atoms with Crippen molar-refractivity contribution in [3.63, 3.8) is 0 Å². The Balaban J connectivity index is 2.32. The van der Waals surface area contributed by atoms with Gasteiger partial charge in [-0.25, -0.2) is 4.79 Å². The number of rotatable bonds is 12. The predicted octanol–water partition coefficient (Wildman–Crippen LogP) is 5.32. The molecule has 0 spiro atoms. The molecular weight excluding hydrogens is 457 g/mol. The van der Waals surface area contributed by atoms with Gasteiger partial charge in [0.15, 0.2) is 11.5 Å². The summed E-state index contributed by atoms with van der Waals surface area (Å²) in [5, 5.41) is 12.4. The molecular formula is C23H27Cl2NO6. The lowest BCUT2D eigenvalue weighted by atomic mass is 9.78. The van der Waals surface area contributed by atoms with Crippen molar-refractivity contribution in [2.45, 2.75) is 18.4 Å². The van der Waals surface area contributed by atoms with Gasteiger partial charge < -0.3 is 29.4 Å². The quantitative estimate of drug-likeness (QED) is 0.397. The van der Waals surface area contributed by atoms with Crippen LogP contribution in [0.4, 0.5) is 4.79 Å². The Morgan fingerprint density at radius 2 is 1.75 bits per heavy atom. The zero-order valence-corrected chi connectivity index (χ0v) is 19.8. The fourth-order valence-corrected chi connectivity index (χ4v) is 3.71. The Morgan fingerprint density at radius 3 is 2.25 bits per heavy atom. The van der Waals surface area contributed by atoms with Crippen LogP contribution in [0.5, 0.6) is 17.2 Å². The minimum atomic E-state index is -1.14. The second-order valence-electron chi connectivity index (χ2n) is 7.09. The molecule has 2 aromatic rings. The largest absolute Gasteiger partial charge is 0.493 e. The molecule has 2 rings (SSSR count). The van der Waals surface area contributed by atoms with E-state index in [4.69, 9.17) is 42.1 Å². The van der Waals surface area contributed by atoms with E-state index in [-0.39, 0.29) is 19.8 Å². The van der Waals surface area contributed by atoms with Crippen molar-refractivity contribution in [2.24, 2.45) is 0 Å². The summed E-state index contributed by atoms with van der Waals surface area (Å²) in [6, 6.07) is 8.80. The van der Waals surface area contributed by atoms with Gasteiger partial charge in [-0.05, 0) is 41.8 Å². The molecule has 0 heterocycles. The number of nitrogens with one attached hydrogen (secondary N) is 1. The molecule has 7 nitrogen and oxygen atoms in total. The number of halogens is 2. The van der Waals surface area contributed by atoms with Gasteiger partial charge in [0.2, 0.25) is 5.75 Å². The van der Waals surface area contributed by atoms with E-state index in [2.05, 4.69) is 11.9 Å². The lowest BCUT2D eigenvalue weighted by molar-refractivity contribution is 0.0697. The number of carbonyl (C=O) groups is 1. The first kappa shape index (κ1) is 25.6. The summed E-state index contributed by atoms with van der Waals surface area (Å²) in [7, 11) is 4.62. The number of amides is 1. The second-order valence-corrected chi connectivity index (χ2v) is 7.90. The summed E-state index contributed by atoms with van der Waals surface area (Å²) in [5.41, 5.74) is 0.840. The lowest BCUT2D eigenvalue weighted by Gasteiger charge is -2.33. The van der Waals surface area contributed by atoms with Crippen LogP contribution in [0.3, 0.4) is 0 Å². The Hall–Kier alpha value is -2.61. The molecule has 0 radical (unpaired) electrons. The van der Waals surface area contributed by atoms with Gasteiger partial charge in [0.05, 0.1) is 44.6 Å².